The van der Waals surface area contributed by atoms with Gasteiger partial charge in [-0.3, -0.25) is 4.90 Å². The summed E-state index contributed by atoms with van der Waals surface area (Å²) in [5.41, 5.74) is 2.98. The number of halogens is 1. The number of aryl methyl sites for hydroxylation is 1. The van der Waals surface area contributed by atoms with Crippen molar-refractivity contribution < 1.29 is 9.84 Å². The van der Waals surface area contributed by atoms with E-state index in [1.807, 2.05) is 49.5 Å². The van der Waals surface area contributed by atoms with Crippen molar-refractivity contribution >= 4 is 11.6 Å². The molecule has 5 nitrogen and oxygen atoms in total. The van der Waals surface area contributed by atoms with Crippen LogP contribution in [0.3, 0.4) is 0 Å². The van der Waals surface area contributed by atoms with Gasteiger partial charge < -0.3 is 9.84 Å². The number of nitrogens with zero attached hydrogens (tertiary/aromatic N) is 3. The standard InChI is InChI=1S/C27H34ClN3O2/c1-3-4-12-22(32)18-31(17-20-15-16-20)19-23-26(21-10-6-5-7-11-21)29-30(2)27(23)33-25-14-9-8-13-24(25)28/h5-11,13-14,20,22,32H,3-4,12,15-19H2,1-2H3. The van der Waals surface area contributed by atoms with Crippen molar-refractivity contribution in [3.05, 3.63) is 65.2 Å². The van der Waals surface area contributed by atoms with Crippen LogP contribution in [0, 0.1) is 5.92 Å². The first kappa shape index (κ1) is 23.8. The van der Waals surface area contributed by atoms with E-state index in [0.717, 1.165) is 42.6 Å². The lowest BCUT2D eigenvalue weighted by atomic mass is 10.1. The molecule has 1 aromatic heterocycles. The Morgan fingerprint density at radius 2 is 1.88 bits per heavy atom. The number of aliphatic hydroxyl groups is 1. The van der Waals surface area contributed by atoms with Crippen LogP contribution in [-0.4, -0.2) is 39.0 Å². The van der Waals surface area contributed by atoms with Gasteiger partial charge in [0.05, 0.1) is 16.7 Å². The molecule has 0 amide bonds. The molecule has 2 aromatic carbocycles. The van der Waals surface area contributed by atoms with E-state index < -0.39 is 0 Å². The van der Waals surface area contributed by atoms with Gasteiger partial charge in [-0.1, -0.05) is 73.8 Å². The number of aromatic nitrogens is 2. The predicted octanol–water partition coefficient (Wildman–Crippen LogP) is 6.30. The molecule has 1 aliphatic carbocycles. The lowest BCUT2D eigenvalue weighted by molar-refractivity contribution is 0.0967. The Bertz CT molecular complexity index is 1030. The number of hydrogen-bond donors (Lipinski definition) is 1. The van der Waals surface area contributed by atoms with Gasteiger partial charge in [0, 0.05) is 32.2 Å². The van der Waals surface area contributed by atoms with Gasteiger partial charge in [-0.2, -0.15) is 5.10 Å². The van der Waals surface area contributed by atoms with Crippen LogP contribution in [0.15, 0.2) is 54.6 Å². The summed E-state index contributed by atoms with van der Waals surface area (Å²) in [4.78, 5) is 2.38. The molecule has 0 spiro atoms. The Labute approximate surface area is 201 Å². The summed E-state index contributed by atoms with van der Waals surface area (Å²) in [6.07, 6.45) is 5.18. The van der Waals surface area contributed by atoms with Gasteiger partial charge in [-0.05, 0) is 37.3 Å². The molecule has 0 aliphatic heterocycles. The molecule has 0 bridgehead atoms. The minimum atomic E-state index is -0.325. The molecular weight excluding hydrogens is 434 g/mol. The molecule has 3 aromatic rings. The molecule has 33 heavy (non-hydrogen) atoms. The summed E-state index contributed by atoms with van der Waals surface area (Å²) in [5.74, 6) is 2.01. The molecule has 1 aliphatic rings. The number of para-hydroxylation sites is 1. The minimum absolute atomic E-state index is 0.325. The zero-order valence-corrected chi connectivity index (χ0v) is 20.3. The molecule has 1 atom stereocenters. The Morgan fingerprint density at radius 1 is 1.15 bits per heavy atom. The highest BCUT2D eigenvalue weighted by Gasteiger charge is 2.28. The summed E-state index contributed by atoms with van der Waals surface area (Å²) < 4.78 is 8.14. The number of aliphatic hydroxyl groups excluding tert-OH is 1. The predicted molar refractivity (Wildman–Crippen MR) is 134 cm³/mol. The molecule has 1 heterocycles. The normalized spacial score (nSPS) is 14.6. The average Bonchev–Trinajstić information content (AvgIpc) is 3.58. The van der Waals surface area contributed by atoms with Gasteiger partial charge in [-0.25, -0.2) is 4.68 Å². The van der Waals surface area contributed by atoms with Gasteiger partial charge in [0.25, 0.3) is 0 Å². The second-order valence-electron chi connectivity index (χ2n) is 9.09. The Hall–Kier alpha value is -2.34. The zero-order valence-electron chi connectivity index (χ0n) is 19.6. The van der Waals surface area contributed by atoms with Gasteiger partial charge in [-0.15, -0.1) is 0 Å². The lowest BCUT2D eigenvalue weighted by Crippen LogP contribution is -2.34. The third-order valence-electron chi connectivity index (χ3n) is 6.13. The first-order valence-electron chi connectivity index (χ1n) is 12.0. The molecule has 1 fully saturated rings. The fraction of sp³-hybridized carbons (Fsp3) is 0.444. The van der Waals surface area contributed by atoms with Crippen molar-refractivity contribution in [3.63, 3.8) is 0 Å². The van der Waals surface area contributed by atoms with Crippen LogP contribution in [0.2, 0.25) is 5.02 Å². The zero-order chi connectivity index (χ0) is 23.2. The fourth-order valence-electron chi connectivity index (χ4n) is 4.20. The number of rotatable bonds is 12. The lowest BCUT2D eigenvalue weighted by Gasteiger charge is -2.25. The van der Waals surface area contributed by atoms with Crippen LogP contribution in [0.5, 0.6) is 11.6 Å². The van der Waals surface area contributed by atoms with Crippen LogP contribution in [0.1, 0.15) is 44.6 Å². The topological polar surface area (TPSA) is 50.5 Å². The molecule has 4 rings (SSSR count). The number of unbranched alkanes of at least 4 members (excludes halogenated alkanes) is 1. The summed E-state index contributed by atoms with van der Waals surface area (Å²) in [6, 6.07) is 17.7. The molecule has 0 saturated heterocycles. The highest BCUT2D eigenvalue weighted by molar-refractivity contribution is 6.32. The highest BCUT2D eigenvalue weighted by Crippen LogP contribution is 2.37. The number of benzene rings is 2. The van der Waals surface area contributed by atoms with Crippen molar-refractivity contribution in [2.24, 2.45) is 13.0 Å². The van der Waals surface area contributed by atoms with E-state index in [1.54, 1.807) is 4.68 Å². The fourth-order valence-corrected chi connectivity index (χ4v) is 4.38. The summed E-state index contributed by atoms with van der Waals surface area (Å²) in [6.45, 7) is 4.47. The second kappa shape index (κ2) is 11.2. The third-order valence-corrected chi connectivity index (χ3v) is 6.45. The first-order chi connectivity index (χ1) is 16.0. The van der Waals surface area contributed by atoms with Crippen LogP contribution < -0.4 is 4.74 Å². The van der Waals surface area contributed by atoms with Crippen LogP contribution in [0.25, 0.3) is 11.3 Å². The number of hydrogen-bond acceptors (Lipinski definition) is 4. The van der Waals surface area contributed by atoms with Crippen LogP contribution in [0.4, 0.5) is 0 Å². The molecule has 6 heteroatoms. The SMILES string of the molecule is CCCCC(O)CN(Cc1c(-c2ccccc2)nn(C)c1Oc1ccccc1Cl)CC1CC1. The summed E-state index contributed by atoms with van der Waals surface area (Å²) in [5, 5.41) is 16.1. The van der Waals surface area contributed by atoms with Crippen molar-refractivity contribution in [2.75, 3.05) is 13.1 Å². The largest absolute Gasteiger partial charge is 0.437 e. The highest BCUT2D eigenvalue weighted by atomic mass is 35.5. The average molecular weight is 468 g/mol. The summed E-state index contributed by atoms with van der Waals surface area (Å²) in [7, 11) is 1.91. The minimum Gasteiger partial charge on any atom is -0.437 e. The van der Waals surface area contributed by atoms with E-state index >= 15 is 0 Å². The van der Waals surface area contributed by atoms with Crippen molar-refractivity contribution in [1.82, 2.24) is 14.7 Å². The molecule has 1 N–H and O–H groups in total. The summed E-state index contributed by atoms with van der Waals surface area (Å²) >= 11 is 6.40. The molecule has 176 valence electrons. The van der Waals surface area contributed by atoms with Gasteiger partial charge in [0.1, 0.15) is 11.4 Å². The van der Waals surface area contributed by atoms with Gasteiger partial charge >= 0.3 is 0 Å². The molecular formula is C27H34ClN3O2. The molecule has 1 saturated carbocycles. The van der Waals surface area contributed by atoms with E-state index in [-0.39, 0.29) is 6.10 Å². The van der Waals surface area contributed by atoms with E-state index in [9.17, 15) is 5.11 Å². The van der Waals surface area contributed by atoms with Crippen molar-refractivity contribution in [3.8, 4) is 22.9 Å². The Kier molecular flexibility index (Phi) is 8.07. The smallest absolute Gasteiger partial charge is 0.222 e. The quantitative estimate of drug-likeness (QED) is 0.339. The van der Waals surface area contributed by atoms with E-state index in [1.165, 1.54) is 12.8 Å². The van der Waals surface area contributed by atoms with E-state index in [4.69, 9.17) is 21.4 Å². The van der Waals surface area contributed by atoms with Crippen molar-refractivity contribution in [1.29, 1.82) is 0 Å². The maximum absolute atomic E-state index is 10.7. The van der Waals surface area contributed by atoms with Gasteiger partial charge in [0.15, 0.2) is 0 Å². The third kappa shape index (κ3) is 6.38. The van der Waals surface area contributed by atoms with Crippen LogP contribution in [-0.2, 0) is 13.6 Å². The maximum Gasteiger partial charge on any atom is 0.222 e. The van der Waals surface area contributed by atoms with Crippen LogP contribution >= 0.6 is 11.6 Å². The monoisotopic (exact) mass is 467 g/mol. The maximum atomic E-state index is 10.7. The van der Waals surface area contributed by atoms with E-state index in [2.05, 4.69) is 24.0 Å². The molecule has 1 unspecified atom stereocenters. The Morgan fingerprint density at radius 3 is 2.58 bits per heavy atom. The molecule has 0 radical (unpaired) electrons. The van der Waals surface area contributed by atoms with Crippen molar-refractivity contribution in [2.45, 2.75) is 51.7 Å². The second-order valence-corrected chi connectivity index (χ2v) is 9.50. The number of ether oxygens (including phenoxy) is 1. The first-order valence-corrected chi connectivity index (χ1v) is 12.4. The van der Waals surface area contributed by atoms with Gasteiger partial charge in [0.2, 0.25) is 5.88 Å². The Balaban J connectivity index is 1.67. The van der Waals surface area contributed by atoms with E-state index in [0.29, 0.717) is 35.7 Å².